The molecule has 0 radical (unpaired) electrons. The molecule has 1 aromatic rings. The average Bonchev–Trinajstić information content (AvgIpc) is 2.65. The van der Waals surface area contributed by atoms with Crippen LogP contribution >= 0.6 is 11.8 Å². The van der Waals surface area contributed by atoms with Gasteiger partial charge in [-0.3, -0.25) is 9.79 Å². The third-order valence-corrected chi connectivity index (χ3v) is 2.74. The number of hydrogen-bond acceptors (Lipinski definition) is 3. The van der Waals surface area contributed by atoms with E-state index in [1.807, 2.05) is 18.2 Å². The summed E-state index contributed by atoms with van der Waals surface area (Å²) in [5.74, 6) is -0.128. The molecule has 0 aromatic heterocycles. The van der Waals surface area contributed by atoms with Crippen molar-refractivity contribution >= 4 is 22.8 Å². The van der Waals surface area contributed by atoms with E-state index < -0.39 is 0 Å². The quantitative estimate of drug-likeness (QED) is 0.783. The van der Waals surface area contributed by atoms with Gasteiger partial charge in [-0.1, -0.05) is 36.5 Å². The molecule has 76 valence electrons. The number of hydrogen-bond donors (Lipinski definition) is 1. The number of rotatable bonds is 1. The summed E-state index contributed by atoms with van der Waals surface area (Å²) in [6.07, 6.45) is 0. The Morgan fingerprint density at radius 1 is 1.40 bits per heavy atom. The lowest BCUT2D eigenvalue weighted by atomic mass is 10.2. The van der Waals surface area contributed by atoms with E-state index in [-0.39, 0.29) is 5.91 Å². The molecule has 0 spiro atoms. The Bertz CT molecular complexity index is 425. The van der Waals surface area contributed by atoms with Crippen molar-refractivity contribution in [2.45, 2.75) is 0 Å². The van der Waals surface area contributed by atoms with Crippen LogP contribution < -0.4 is 5.32 Å². The third-order valence-electron chi connectivity index (χ3n) is 1.90. The lowest BCUT2D eigenvalue weighted by Crippen LogP contribution is -2.27. The van der Waals surface area contributed by atoms with Gasteiger partial charge in [0.1, 0.15) is 0 Å². The molecule has 0 saturated carbocycles. The third kappa shape index (κ3) is 2.47. The van der Waals surface area contributed by atoms with Crippen molar-refractivity contribution in [2.24, 2.45) is 4.99 Å². The fourth-order valence-electron chi connectivity index (χ4n) is 1.19. The maximum atomic E-state index is 11.7. The van der Waals surface area contributed by atoms with Crippen molar-refractivity contribution in [3.05, 3.63) is 47.4 Å². The molecule has 1 aliphatic heterocycles. The topological polar surface area (TPSA) is 41.5 Å². The summed E-state index contributed by atoms with van der Waals surface area (Å²) >= 11 is 1.41. The number of aliphatic imine (C=N–C) groups is 1. The van der Waals surface area contributed by atoms with Crippen LogP contribution in [-0.2, 0) is 0 Å². The van der Waals surface area contributed by atoms with Crippen LogP contribution in [0.2, 0.25) is 0 Å². The first kappa shape index (κ1) is 9.98. The number of amidine groups is 1. The standard InChI is InChI=1S/C11H10N2OS/c1-8-7-12-11(15-8)13-10(14)9-5-3-2-4-6-9/h2-6H,1,7H2,(H,12,13,14). The molecule has 1 heterocycles. The molecule has 1 aliphatic rings. The van der Waals surface area contributed by atoms with Gasteiger partial charge >= 0.3 is 0 Å². The first-order chi connectivity index (χ1) is 7.25. The van der Waals surface area contributed by atoms with Crippen molar-refractivity contribution in [3.63, 3.8) is 0 Å². The lowest BCUT2D eigenvalue weighted by molar-refractivity contribution is 0.0978. The van der Waals surface area contributed by atoms with E-state index in [0.29, 0.717) is 17.3 Å². The molecule has 0 bridgehead atoms. The summed E-state index contributed by atoms with van der Waals surface area (Å²) in [4.78, 5) is 16.8. The highest BCUT2D eigenvalue weighted by atomic mass is 32.2. The smallest absolute Gasteiger partial charge is 0.257 e. The van der Waals surface area contributed by atoms with Gasteiger partial charge in [0.15, 0.2) is 5.17 Å². The number of carbonyl (C=O) groups is 1. The molecule has 0 fully saturated rings. The van der Waals surface area contributed by atoms with E-state index in [1.165, 1.54) is 11.8 Å². The second-order valence-corrected chi connectivity index (χ2v) is 4.25. The molecule has 0 saturated heterocycles. The van der Waals surface area contributed by atoms with Crippen LogP contribution in [0.15, 0.2) is 46.8 Å². The van der Waals surface area contributed by atoms with Crippen LogP contribution in [-0.4, -0.2) is 17.6 Å². The van der Waals surface area contributed by atoms with Gasteiger partial charge in [-0.2, -0.15) is 0 Å². The Labute approximate surface area is 92.3 Å². The van der Waals surface area contributed by atoms with E-state index >= 15 is 0 Å². The van der Waals surface area contributed by atoms with Gasteiger partial charge in [0.25, 0.3) is 5.91 Å². The van der Waals surface area contributed by atoms with Gasteiger partial charge in [-0.05, 0) is 12.1 Å². The minimum absolute atomic E-state index is 0.128. The zero-order valence-corrected chi connectivity index (χ0v) is 8.88. The van der Waals surface area contributed by atoms with Crippen LogP contribution in [0.3, 0.4) is 0 Å². The Morgan fingerprint density at radius 3 is 2.73 bits per heavy atom. The van der Waals surface area contributed by atoms with Crippen molar-refractivity contribution < 1.29 is 4.79 Å². The monoisotopic (exact) mass is 218 g/mol. The average molecular weight is 218 g/mol. The first-order valence-electron chi connectivity index (χ1n) is 4.52. The van der Waals surface area contributed by atoms with E-state index in [4.69, 9.17) is 0 Å². The molecule has 2 rings (SSSR count). The number of nitrogens with zero attached hydrogens (tertiary/aromatic N) is 1. The normalized spacial score (nSPS) is 14.9. The molecular formula is C11H10N2OS. The highest BCUT2D eigenvalue weighted by Gasteiger charge is 2.14. The fraction of sp³-hybridized carbons (Fsp3) is 0.0909. The summed E-state index contributed by atoms with van der Waals surface area (Å²) < 4.78 is 0. The molecule has 1 N–H and O–H groups in total. The van der Waals surface area contributed by atoms with Gasteiger partial charge in [0, 0.05) is 10.5 Å². The number of carbonyl (C=O) groups excluding carboxylic acids is 1. The molecule has 4 heteroatoms. The van der Waals surface area contributed by atoms with E-state index in [0.717, 1.165) is 4.91 Å². The highest BCUT2D eigenvalue weighted by Crippen LogP contribution is 2.21. The Kier molecular flexibility index (Phi) is 2.87. The largest absolute Gasteiger partial charge is 0.301 e. The Balaban J connectivity index is 2.02. The summed E-state index contributed by atoms with van der Waals surface area (Å²) in [5, 5.41) is 3.37. The predicted octanol–water partition coefficient (Wildman–Crippen LogP) is 2.03. The predicted molar refractivity (Wildman–Crippen MR) is 62.9 cm³/mol. The molecule has 1 amide bonds. The van der Waals surface area contributed by atoms with E-state index in [2.05, 4.69) is 16.9 Å². The van der Waals surface area contributed by atoms with Crippen LogP contribution in [0.5, 0.6) is 0 Å². The van der Waals surface area contributed by atoms with Crippen molar-refractivity contribution in [1.82, 2.24) is 5.32 Å². The number of nitrogens with one attached hydrogen (secondary N) is 1. The van der Waals surface area contributed by atoms with Gasteiger partial charge in [0.2, 0.25) is 0 Å². The summed E-state index contributed by atoms with van der Waals surface area (Å²) in [5.41, 5.74) is 0.637. The molecule has 0 aliphatic carbocycles. The second kappa shape index (κ2) is 4.31. The number of amides is 1. The van der Waals surface area contributed by atoms with Gasteiger partial charge in [0.05, 0.1) is 6.54 Å². The maximum Gasteiger partial charge on any atom is 0.257 e. The minimum Gasteiger partial charge on any atom is -0.301 e. The summed E-state index contributed by atoms with van der Waals surface area (Å²) in [6.45, 7) is 4.37. The number of thioether (sulfide) groups is 1. The van der Waals surface area contributed by atoms with Crippen LogP contribution in [0.4, 0.5) is 0 Å². The van der Waals surface area contributed by atoms with Gasteiger partial charge < -0.3 is 5.32 Å². The summed E-state index contributed by atoms with van der Waals surface area (Å²) in [6, 6.07) is 9.07. The molecule has 0 unspecified atom stereocenters. The minimum atomic E-state index is -0.128. The van der Waals surface area contributed by atoms with Crippen molar-refractivity contribution in [1.29, 1.82) is 0 Å². The molecule has 15 heavy (non-hydrogen) atoms. The van der Waals surface area contributed by atoms with Crippen LogP contribution in [0.25, 0.3) is 0 Å². The van der Waals surface area contributed by atoms with Gasteiger partial charge in [-0.25, -0.2) is 0 Å². The lowest BCUT2D eigenvalue weighted by Gasteiger charge is -2.02. The van der Waals surface area contributed by atoms with Crippen LogP contribution in [0, 0.1) is 0 Å². The number of benzene rings is 1. The van der Waals surface area contributed by atoms with Crippen molar-refractivity contribution in [2.75, 3.05) is 6.54 Å². The summed E-state index contributed by atoms with van der Waals surface area (Å²) in [7, 11) is 0. The maximum absolute atomic E-state index is 11.7. The zero-order valence-electron chi connectivity index (χ0n) is 8.06. The molecule has 3 nitrogen and oxygen atoms in total. The molecule has 0 atom stereocenters. The Hall–Kier alpha value is -1.55. The van der Waals surface area contributed by atoms with E-state index in [1.54, 1.807) is 12.1 Å². The molecular weight excluding hydrogens is 208 g/mol. The fourth-order valence-corrected chi connectivity index (χ4v) is 1.86. The second-order valence-electron chi connectivity index (χ2n) is 3.08. The zero-order chi connectivity index (χ0) is 10.7. The highest BCUT2D eigenvalue weighted by molar-refractivity contribution is 8.17. The van der Waals surface area contributed by atoms with Crippen LogP contribution in [0.1, 0.15) is 10.4 Å². The SMILES string of the molecule is C=C1CN=C(NC(=O)c2ccccc2)S1. The van der Waals surface area contributed by atoms with Gasteiger partial charge in [-0.15, -0.1) is 0 Å². The Morgan fingerprint density at radius 2 is 2.13 bits per heavy atom. The molecule has 1 aromatic carbocycles. The van der Waals surface area contributed by atoms with Crippen molar-refractivity contribution in [3.8, 4) is 0 Å². The van der Waals surface area contributed by atoms with E-state index in [9.17, 15) is 4.79 Å². The first-order valence-corrected chi connectivity index (χ1v) is 5.34.